The van der Waals surface area contributed by atoms with E-state index in [1.165, 1.54) is 11.3 Å². The van der Waals surface area contributed by atoms with Gasteiger partial charge in [0.2, 0.25) is 0 Å². The average Bonchev–Trinajstić information content (AvgIpc) is 3.20. The number of amides is 1. The largest absolute Gasteiger partial charge is 0.486 e. The smallest absolute Gasteiger partial charge is 0.326 e. The van der Waals surface area contributed by atoms with Gasteiger partial charge in [0.25, 0.3) is 5.91 Å². The number of hydrogen-bond acceptors (Lipinski definition) is 7. The second-order valence-electron chi connectivity index (χ2n) is 6.45. The number of aromatic nitrogens is 3. The second kappa shape index (κ2) is 7.70. The predicted molar refractivity (Wildman–Crippen MR) is 105 cm³/mol. The van der Waals surface area contributed by atoms with Gasteiger partial charge >= 0.3 is 5.97 Å². The topological polar surface area (TPSA) is 96.9 Å². The summed E-state index contributed by atoms with van der Waals surface area (Å²) < 4.78 is 20.5. The first kappa shape index (κ1) is 19.2. The minimum Gasteiger partial charge on any atom is -0.486 e. The third-order valence-electron chi connectivity index (χ3n) is 4.47. The van der Waals surface area contributed by atoms with E-state index in [4.69, 9.17) is 14.2 Å². The zero-order valence-electron chi connectivity index (χ0n) is 16.3. The van der Waals surface area contributed by atoms with Gasteiger partial charge in [0.1, 0.15) is 19.8 Å². The summed E-state index contributed by atoms with van der Waals surface area (Å²) in [5.41, 5.74) is 1.81. The quantitative estimate of drug-likeness (QED) is 0.602. The highest BCUT2D eigenvalue weighted by Gasteiger charge is 2.19. The Labute approximate surface area is 170 Å². The molecular weight excluding hydrogens is 396 g/mol. The van der Waals surface area contributed by atoms with Crippen LogP contribution in [0.1, 0.15) is 23.1 Å². The van der Waals surface area contributed by atoms with E-state index >= 15 is 0 Å². The van der Waals surface area contributed by atoms with Crippen LogP contribution in [0.25, 0.3) is 10.2 Å². The van der Waals surface area contributed by atoms with E-state index in [9.17, 15) is 9.59 Å². The van der Waals surface area contributed by atoms with E-state index in [1.54, 1.807) is 35.4 Å². The first-order valence-corrected chi connectivity index (χ1v) is 9.96. The first-order valence-electron chi connectivity index (χ1n) is 9.14. The maximum Gasteiger partial charge on any atom is 0.326 e. The molecule has 9 nitrogen and oxygen atoms in total. The lowest BCUT2D eigenvalue weighted by Gasteiger charge is -2.18. The van der Waals surface area contributed by atoms with Crippen LogP contribution in [0.4, 0.5) is 0 Å². The van der Waals surface area contributed by atoms with Gasteiger partial charge in [-0.1, -0.05) is 11.3 Å². The molecule has 10 heteroatoms. The molecule has 0 unspecified atom stereocenters. The normalized spacial score (nSPS) is 13.7. The highest BCUT2D eigenvalue weighted by Crippen LogP contribution is 2.35. The molecule has 4 rings (SSSR count). The lowest BCUT2D eigenvalue weighted by Crippen LogP contribution is -2.23. The molecule has 0 atom stereocenters. The predicted octanol–water partition coefficient (Wildman–Crippen LogP) is 1.82. The van der Waals surface area contributed by atoms with E-state index in [0.717, 1.165) is 15.9 Å². The number of thiazole rings is 1. The van der Waals surface area contributed by atoms with Crippen molar-refractivity contribution in [1.29, 1.82) is 0 Å². The molecule has 0 N–H and O–H groups in total. The molecule has 1 aliphatic rings. The fourth-order valence-corrected chi connectivity index (χ4v) is 4.03. The van der Waals surface area contributed by atoms with Crippen LogP contribution in [0.3, 0.4) is 0 Å². The van der Waals surface area contributed by atoms with E-state index < -0.39 is 11.9 Å². The summed E-state index contributed by atoms with van der Waals surface area (Å²) in [5, 5.41) is 4.18. The van der Waals surface area contributed by atoms with Crippen molar-refractivity contribution in [2.24, 2.45) is 12.0 Å². The Bertz CT molecular complexity index is 1150. The molecule has 1 aromatic carbocycles. The van der Waals surface area contributed by atoms with Gasteiger partial charge in [-0.2, -0.15) is 10.1 Å². The SMILES string of the molecule is CCOC(=O)Cn1c(=NC(=O)c2cc(C)n(C)n2)sc2cc3c(cc21)OCCO3. The van der Waals surface area contributed by atoms with Crippen LogP contribution in [0, 0.1) is 6.92 Å². The van der Waals surface area contributed by atoms with Gasteiger partial charge in [-0.3, -0.25) is 14.3 Å². The van der Waals surface area contributed by atoms with Gasteiger partial charge in [-0.25, -0.2) is 0 Å². The molecule has 0 aliphatic carbocycles. The van der Waals surface area contributed by atoms with Crippen molar-refractivity contribution in [3.05, 3.63) is 34.4 Å². The number of aryl methyl sites for hydroxylation is 2. The molecule has 1 aliphatic heterocycles. The second-order valence-corrected chi connectivity index (χ2v) is 7.46. The summed E-state index contributed by atoms with van der Waals surface area (Å²) in [6.45, 7) is 4.73. The standard InChI is InChI=1S/C19H20N4O5S/c1-4-26-17(24)10-23-13-8-14-15(28-6-5-27-14)9-16(13)29-19(23)20-18(25)12-7-11(2)22(3)21-12/h7-9H,4-6,10H2,1-3H3. The minimum atomic E-state index is -0.477. The van der Waals surface area contributed by atoms with Crippen molar-refractivity contribution in [2.75, 3.05) is 19.8 Å². The van der Waals surface area contributed by atoms with Crippen molar-refractivity contribution in [1.82, 2.24) is 14.3 Å². The molecule has 29 heavy (non-hydrogen) atoms. The van der Waals surface area contributed by atoms with Gasteiger partial charge in [0, 0.05) is 24.9 Å². The summed E-state index contributed by atoms with van der Waals surface area (Å²) in [6.07, 6.45) is 0. The lowest BCUT2D eigenvalue weighted by molar-refractivity contribution is -0.143. The third-order valence-corrected chi connectivity index (χ3v) is 5.51. The van der Waals surface area contributed by atoms with Crippen molar-refractivity contribution in [3.8, 4) is 11.5 Å². The van der Waals surface area contributed by atoms with Crippen molar-refractivity contribution >= 4 is 33.4 Å². The fraction of sp³-hybridized carbons (Fsp3) is 0.368. The van der Waals surface area contributed by atoms with Crippen LogP contribution in [0.5, 0.6) is 11.5 Å². The number of esters is 1. The number of hydrogen-bond donors (Lipinski definition) is 0. The van der Waals surface area contributed by atoms with E-state index in [2.05, 4.69) is 10.1 Å². The van der Waals surface area contributed by atoms with Crippen LogP contribution in [-0.2, 0) is 23.1 Å². The van der Waals surface area contributed by atoms with Crippen LogP contribution >= 0.6 is 11.3 Å². The molecule has 0 spiro atoms. The van der Waals surface area contributed by atoms with Gasteiger partial charge in [0.15, 0.2) is 22.0 Å². The first-order chi connectivity index (χ1) is 14.0. The molecule has 0 radical (unpaired) electrons. The number of rotatable bonds is 4. The Balaban J connectivity index is 1.84. The van der Waals surface area contributed by atoms with Crippen molar-refractivity contribution in [2.45, 2.75) is 20.4 Å². The van der Waals surface area contributed by atoms with Gasteiger partial charge in [-0.15, -0.1) is 0 Å². The van der Waals surface area contributed by atoms with Crippen molar-refractivity contribution in [3.63, 3.8) is 0 Å². The minimum absolute atomic E-state index is 0.0686. The number of fused-ring (bicyclic) bond motifs is 2. The molecule has 3 heterocycles. The van der Waals surface area contributed by atoms with E-state index in [1.807, 2.05) is 13.0 Å². The number of benzene rings is 1. The Morgan fingerprint density at radius 2 is 1.97 bits per heavy atom. The Kier molecular flexibility index (Phi) is 5.10. The van der Waals surface area contributed by atoms with E-state index in [-0.39, 0.29) is 18.8 Å². The molecule has 0 saturated carbocycles. The average molecular weight is 416 g/mol. The molecule has 152 valence electrons. The highest BCUT2D eigenvalue weighted by atomic mass is 32.1. The summed E-state index contributed by atoms with van der Waals surface area (Å²) in [5.74, 6) is 0.337. The zero-order chi connectivity index (χ0) is 20.5. The number of ether oxygens (including phenoxy) is 3. The maximum atomic E-state index is 12.7. The Morgan fingerprint density at radius 3 is 2.62 bits per heavy atom. The molecule has 0 bridgehead atoms. The summed E-state index contributed by atoms with van der Waals surface area (Å²) in [6, 6.07) is 5.31. The fourth-order valence-electron chi connectivity index (χ4n) is 2.99. The van der Waals surface area contributed by atoms with Crippen molar-refractivity contribution < 1.29 is 23.8 Å². The molecule has 0 fully saturated rings. The molecular formula is C19H20N4O5S. The molecule has 0 saturated heterocycles. The number of nitrogens with zero attached hydrogens (tertiary/aromatic N) is 4. The van der Waals surface area contributed by atoms with Gasteiger partial charge < -0.3 is 18.8 Å². The number of carbonyl (C=O) groups is 2. The highest BCUT2D eigenvalue weighted by molar-refractivity contribution is 7.16. The molecule has 3 aromatic rings. The molecule has 2 aromatic heterocycles. The zero-order valence-corrected chi connectivity index (χ0v) is 17.1. The Morgan fingerprint density at radius 1 is 1.24 bits per heavy atom. The molecule has 1 amide bonds. The third kappa shape index (κ3) is 3.75. The van der Waals surface area contributed by atoms with Crippen LogP contribution < -0.4 is 14.3 Å². The summed E-state index contributed by atoms with van der Waals surface area (Å²) >= 11 is 1.29. The van der Waals surface area contributed by atoms with Crippen LogP contribution in [-0.4, -0.2) is 46.0 Å². The van der Waals surface area contributed by atoms with Gasteiger partial charge in [-0.05, 0) is 19.9 Å². The van der Waals surface area contributed by atoms with Crippen LogP contribution in [0.15, 0.2) is 23.2 Å². The summed E-state index contributed by atoms with van der Waals surface area (Å²) in [4.78, 5) is 29.4. The monoisotopic (exact) mass is 416 g/mol. The number of carbonyl (C=O) groups excluding carboxylic acids is 2. The maximum absolute atomic E-state index is 12.7. The Hall–Kier alpha value is -3.14. The summed E-state index contributed by atoms with van der Waals surface area (Å²) in [7, 11) is 1.76. The van der Waals surface area contributed by atoms with Gasteiger partial charge in [0.05, 0.1) is 16.8 Å². The van der Waals surface area contributed by atoms with E-state index in [0.29, 0.717) is 29.5 Å². The lowest BCUT2D eigenvalue weighted by atomic mass is 10.2. The van der Waals surface area contributed by atoms with Crippen LogP contribution in [0.2, 0.25) is 0 Å².